The monoisotopic (exact) mass is 658 g/mol. The number of nitrogens with zero attached hydrogens (tertiary/aromatic N) is 3. The predicted octanol–water partition coefficient (Wildman–Crippen LogP) is 4.53. The van der Waals surface area contributed by atoms with Gasteiger partial charge in [-0.15, -0.1) is 0 Å². The van der Waals surface area contributed by atoms with Crippen molar-refractivity contribution in [2.75, 3.05) is 36.5 Å². The number of pyridine rings is 2. The van der Waals surface area contributed by atoms with Gasteiger partial charge in [0, 0.05) is 31.7 Å². The number of ether oxygens (including phenoxy) is 1. The smallest absolute Gasteiger partial charge is 0.281 e. The molecule has 3 N–H and O–H groups in total. The molecule has 2 saturated heterocycles. The number of rotatable bonds is 13. The maximum absolute atomic E-state index is 13.0. The Morgan fingerprint density at radius 1 is 1.13 bits per heavy atom. The van der Waals surface area contributed by atoms with Crippen LogP contribution in [0, 0.1) is 17.3 Å². The molecule has 2 aromatic heterocycles. The van der Waals surface area contributed by atoms with Crippen molar-refractivity contribution in [1.29, 1.82) is 0 Å². The number of sulfonamides is 1. The molecule has 0 aromatic carbocycles. The molecule has 4 fully saturated rings. The summed E-state index contributed by atoms with van der Waals surface area (Å²) in [6.07, 6.45) is 9.40. The van der Waals surface area contributed by atoms with Gasteiger partial charge in [-0.3, -0.25) is 14.5 Å². The van der Waals surface area contributed by atoms with Crippen LogP contribution in [0.2, 0.25) is 5.15 Å². The van der Waals surface area contributed by atoms with Gasteiger partial charge in [-0.25, -0.2) is 14.7 Å². The molecule has 2 aliphatic carbocycles. The summed E-state index contributed by atoms with van der Waals surface area (Å²) < 4.78 is 34.0. The van der Waals surface area contributed by atoms with E-state index in [9.17, 15) is 18.0 Å². The van der Waals surface area contributed by atoms with E-state index >= 15 is 0 Å². The van der Waals surface area contributed by atoms with E-state index in [-0.39, 0.29) is 27.2 Å². The fourth-order valence-electron chi connectivity index (χ4n) is 7.15. The van der Waals surface area contributed by atoms with Crippen LogP contribution in [0.3, 0.4) is 0 Å². The Kier molecular flexibility index (Phi) is 9.13. The van der Waals surface area contributed by atoms with Crippen LogP contribution >= 0.6 is 11.6 Å². The Bertz CT molecular complexity index is 1550. The van der Waals surface area contributed by atoms with Gasteiger partial charge >= 0.3 is 0 Å². The molecule has 4 heterocycles. The molecule has 11 nitrogen and oxygen atoms in total. The fraction of sp³-hybridized carbons (Fsp3) is 0.625. The van der Waals surface area contributed by atoms with Gasteiger partial charge in [-0.05, 0) is 113 Å². The van der Waals surface area contributed by atoms with E-state index in [2.05, 4.69) is 34.4 Å². The molecule has 45 heavy (non-hydrogen) atoms. The largest absolute Gasteiger partial charge is 0.370 e. The molecule has 2 aromatic rings. The number of carbonyl (C=O) groups is 2. The van der Waals surface area contributed by atoms with Crippen LogP contribution in [-0.4, -0.2) is 68.1 Å². The third kappa shape index (κ3) is 7.29. The summed E-state index contributed by atoms with van der Waals surface area (Å²) in [5.41, 5.74) is 0.636. The van der Waals surface area contributed by atoms with E-state index in [0.717, 1.165) is 38.1 Å². The zero-order valence-electron chi connectivity index (χ0n) is 26.0. The Morgan fingerprint density at radius 2 is 1.96 bits per heavy atom. The average molecular weight is 659 g/mol. The van der Waals surface area contributed by atoms with E-state index in [0.29, 0.717) is 49.1 Å². The van der Waals surface area contributed by atoms with Crippen molar-refractivity contribution < 1.29 is 22.7 Å². The Morgan fingerprint density at radius 3 is 2.64 bits per heavy atom. The number of hydrogen-bond acceptors (Lipinski definition) is 9. The molecule has 1 spiro atoms. The lowest BCUT2D eigenvalue weighted by Gasteiger charge is -2.37. The van der Waals surface area contributed by atoms with Gasteiger partial charge in [0.2, 0.25) is 0 Å². The lowest BCUT2D eigenvalue weighted by atomic mass is 9.69. The van der Waals surface area contributed by atoms with E-state index < -0.39 is 22.0 Å². The maximum Gasteiger partial charge on any atom is 0.281 e. The van der Waals surface area contributed by atoms with Crippen LogP contribution in [0.1, 0.15) is 82.0 Å². The predicted molar refractivity (Wildman–Crippen MR) is 172 cm³/mol. The number of anilines is 2. The van der Waals surface area contributed by atoms with E-state index in [1.807, 2.05) is 4.72 Å². The normalized spacial score (nSPS) is 24.9. The molecule has 3 atom stereocenters. The minimum atomic E-state index is -4.29. The number of carbonyl (C=O) groups excluding carboxylic acids is 2. The van der Waals surface area contributed by atoms with Gasteiger partial charge in [0.05, 0.1) is 5.56 Å². The van der Waals surface area contributed by atoms with Gasteiger partial charge in [0.25, 0.3) is 21.8 Å². The molecular weight excluding hydrogens is 616 g/mol. The van der Waals surface area contributed by atoms with Crippen LogP contribution in [0.15, 0.2) is 35.4 Å². The van der Waals surface area contributed by atoms with Crippen LogP contribution in [0.25, 0.3) is 0 Å². The van der Waals surface area contributed by atoms with E-state index in [4.69, 9.17) is 16.3 Å². The molecule has 2 amide bonds. The summed E-state index contributed by atoms with van der Waals surface area (Å²) in [5, 5.41) is 6.21. The minimum absolute atomic E-state index is 0.128. The Hall–Kier alpha value is -2.80. The molecule has 6 rings (SSSR count). The first-order valence-electron chi connectivity index (χ1n) is 16.1. The number of amides is 2. The van der Waals surface area contributed by atoms with Gasteiger partial charge in [0.1, 0.15) is 22.9 Å². The summed E-state index contributed by atoms with van der Waals surface area (Å²) in [6.45, 7) is 7.07. The zero-order valence-corrected chi connectivity index (χ0v) is 27.6. The summed E-state index contributed by atoms with van der Waals surface area (Å²) >= 11 is 6.33. The van der Waals surface area contributed by atoms with Crippen molar-refractivity contribution in [3.05, 3.63) is 41.0 Å². The highest BCUT2D eigenvalue weighted by Gasteiger charge is 2.54. The Labute approximate surface area is 270 Å². The van der Waals surface area contributed by atoms with Crippen LogP contribution < -0.4 is 20.3 Å². The summed E-state index contributed by atoms with van der Waals surface area (Å²) in [5.74, 6) is 0.922. The number of halogens is 1. The molecule has 244 valence electrons. The first-order valence-corrected chi connectivity index (χ1v) is 17.9. The molecule has 13 heteroatoms. The van der Waals surface area contributed by atoms with Gasteiger partial charge < -0.3 is 15.4 Å². The van der Waals surface area contributed by atoms with Crippen molar-refractivity contribution in [3.63, 3.8) is 0 Å². The second-order valence-electron chi connectivity index (χ2n) is 13.7. The molecule has 4 aliphatic rings. The van der Waals surface area contributed by atoms with Crippen molar-refractivity contribution in [1.82, 2.24) is 20.0 Å². The van der Waals surface area contributed by atoms with E-state index in [1.54, 1.807) is 12.1 Å². The third-order valence-electron chi connectivity index (χ3n) is 10.0. The summed E-state index contributed by atoms with van der Waals surface area (Å²) in [6, 6.07) is 7.44. The van der Waals surface area contributed by atoms with Crippen LogP contribution in [-0.2, 0) is 19.6 Å². The Balaban J connectivity index is 0.996. The lowest BCUT2D eigenvalue weighted by Crippen LogP contribution is -2.33. The second-order valence-corrected chi connectivity index (χ2v) is 15.7. The highest BCUT2D eigenvalue weighted by atomic mass is 35.5. The topological polar surface area (TPSA) is 143 Å². The average Bonchev–Trinajstić information content (AvgIpc) is 3.65. The van der Waals surface area contributed by atoms with Crippen molar-refractivity contribution >= 4 is 45.1 Å². The fourth-order valence-corrected chi connectivity index (χ4v) is 8.32. The molecule has 2 saturated carbocycles. The molecule has 2 aliphatic heterocycles. The zero-order chi connectivity index (χ0) is 31.8. The second kappa shape index (κ2) is 12.8. The van der Waals surface area contributed by atoms with Gasteiger partial charge in [0.15, 0.2) is 5.03 Å². The third-order valence-corrected chi connectivity index (χ3v) is 11.6. The quantitative estimate of drug-likeness (QED) is 0.209. The van der Waals surface area contributed by atoms with E-state index in [1.165, 1.54) is 48.8 Å². The first kappa shape index (κ1) is 32.2. The highest BCUT2D eigenvalue weighted by Crippen LogP contribution is 2.65. The first-order chi connectivity index (χ1) is 21.4. The SMILES string of the molecule is CC1(C)C[C@H](CCCNc2cccc(S(=O)(=O)NC(=O)c3ccc(N4CCC(OCCC5CCC56CC6)C4=O)nc3Cl)n2)CN1. The molecule has 2 unspecified atom stereocenters. The van der Waals surface area contributed by atoms with Gasteiger partial charge in [-0.1, -0.05) is 17.7 Å². The number of nitrogens with one attached hydrogen (secondary N) is 3. The molecule has 0 radical (unpaired) electrons. The number of hydrogen-bond donors (Lipinski definition) is 3. The minimum Gasteiger partial charge on any atom is -0.370 e. The number of aromatic nitrogens is 2. The van der Waals surface area contributed by atoms with Gasteiger partial charge in [-0.2, -0.15) is 8.42 Å². The summed E-state index contributed by atoms with van der Waals surface area (Å²) in [7, 11) is -4.29. The summed E-state index contributed by atoms with van der Waals surface area (Å²) in [4.78, 5) is 35.9. The van der Waals surface area contributed by atoms with Crippen LogP contribution in [0.5, 0.6) is 0 Å². The lowest BCUT2D eigenvalue weighted by molar-refractivity contribution is -0.127. The van der Waals surface area contributed by atoms with Crippen molar-refractivity contribution in [2.45, 2.75) is 88.3 Å². The highest BCUT2D eigenvalue weighted by molar-refractivity contribution is 7.90. The van der Waals surface area contributed by atoms with Crippen molar-refractivity contribution in [3.8, 4) is 0 Å². The maximum atomic E-state index is 13.0. The van der Waals surface area contributed by atoms with Crippen LogP contribution in [0.4, 0.5) is 11.6 Å². The molecular formula is C32H43ClN6O5S. The van der Waals surface area contributed by atoms with Crippen molar-refractivity contribution in [2.24, 2.45) is 17.3 Å². The molecule has 0 bridgehead atoms. The standard InChI is InChI=1S/C32H43ClN6O5S/c1-31(2)19-21(20-35-31)5-4-16-34-25-6-3-7-27(36-25)45(42,43)38-29(40)23-8-9-26(37-28(23)33)39-17-11-24(30(39)41)44-18-12-22-10-13-32(22)14-15-32/h3,6-9,21-22,24,35H,4-5,10-20H2,1-2H3,(H,34,36)(H,38,40)/t21-,22?,24?/m0/s1.